The van der Waals surface area contributed by atoms with Crippen LogP contribution in [-0.2, 0) is 22.4 Å². The van der Waals surface area contributed by atoms with Gasteiger partial charge < -0.3 is 15.8 Å². The molecule has 1 aliphatic rings. The minimum atomic E-state index is -1.05. The zero-order chi connectivity index (χ0) is 20.5. The van der Waals surface area contributed by atoms with Gasteiger partial charge in [-0.2, -0.15) is 0 Å². The number of aromatic nitrogens is 1. The number of anilines is 1. The summed E-state index contributed by atoms with van der Waals surface area (Å²) in [6.45, 7) is 1.49. The van der Waals surface area contributed by atoms with Crippen LogP contribution in [0.3, 0.4) is 0 Å². The van der Waals surface area contributed by atoms with Gasteiger partial charge in [0.2, 0.25) is 0 Å². The van der Waals surface area contributed by atoms with E-state index in [4.69, 9.17) is 10.5 Å². The molecule has 0 saturated carbocycles. The molecule has 0 fully saturated rings. The fourth-order valence-corrected chi connectivity index (χ4v) is 4.33. The number of carbonyl (C=O) groups excluding carboxylic acids is 3. The Bertz CT molecular complexity index is 1140. The number of amides is 2. The molecule has 0 radical (unpaired) electrons. The molecule has 0 aliphatic heterocycles. The monoisotopic (exact) mass is 409 g/mol. The summed E-state index contributed by atoms with van der Waals surface area (Å²) in [5.74, 6) is -1.71. The Labute approximate surface area is 170 Å². The lowest BCUT2D eigenvalue weighted by atomic mass is 10.0. The number of benzene rings is 1. The van der Waals surface area contributed by atoms with Crippen LogP contribution in [-0.4, -0.2) is 28.9 Å². The predicted molar refractivity (Wildman–Crippen MR) is 110 cm³/mol. The fourth-order valence-electron chi connectivity index (χ4n) is 3.53. The third-order valence-electron chi connectivity index (χ3n) is 4.94. The van der Waals surface area contributed by atoms with E-state index in [0.29, 0.717) is 10.6 Å². The normalized spacial score (nSPS) is 13.7. The molecule has 0 unspecified atom stereocenters. The lowest BCUT2D eigenvalue weighted by Gasteiger charge is -2.16. The van der Waals surface area contributed by atoms with E-state index in [1.165, 1.54) is 24.3 Å². The van der Waals surface area contributed by atoms with Crippen molar-refractivity contribution in [2.24, 2.45) is 5.73 Å². The van der Waals surface area contributed by atoms with Crippen molar-refractivity contribution < 1.29 is 19.1 Å². The molecule has 4 rings (SSSR count). The molecule has 0 bridgehead atoms. The van der Waals surface area contributed by atoms with Crippen LogP contribution in [0.4, 0.5) is 5.00 Å². The number of thiophene rings is 1. The van der Waals surface area contributed by atoms with Crippen molar-refractivity contribution in [1.29, 1.82) is 0 Å². The highest BCUT2D eigenvalue weighted by Gasteiger charge is 2.27. The second-order valence-electron chi connectivity index (χ2n) is 6.85. The number of hydrogen-bond donors (Lipinski definition) is 2. The van der Waals surface area contributed by atoms with Gasteiger partial charge in [0.25, 0.3) is 11.8 Å². The van der Waals surface area contributed by atoms with Crippen LogP contribution in [0.1, 0.15) is 45.3 Å². The van der Waals surface area contributed by atoms with E-state index in [9.17, 15) is 14.4 Å². The Hall–Kier alpha value is -3.26. The highest BCUT2D eigenvalue weighted by Crippen LogP contribution is 2.31. The number of nitrogens with one attached hydrogen (secondary N) is 1. The number of rotatable bonds is 5. The van der Waals surface area contributed by atoms with Gasteiger partial charge in [0.1, 0.15) is 5.00 Å². The van der Waals surface area contributed by atoms with Crippen LogP contribution in [0.15, 0.2) is 35.7 Å². The standard InChI is InChI=1S/C21H19N3O4S/c1-11(19(26)24-20-14(18(22)25)9-10-29-20)28-21(27)17-12-5-2-3-7-15(12)23-16-8-4-6-13(16)17/h2-3,5,7,9-11H,4,6,8H2,1H3,(H2,22,25)(H,24,26)/t11-/m0/s1. The third-order valence-corrected chi connectivity index (χ3v) is 5.77. The Kier molecular flexibility index (Phi) is 5.02. The first kappa shape index (κ1) is 19.1. The molecule has 29 heavy (non-hydrogen) atoms. The summed E-state index contributed by atoms with van der Waals surface area (Å²) in [7, 11) is 0. The fraction of sp³-hybridized carbons (Fsp3) is 0.238. The number of esters is 1. The van der Waals surface area contributed by atoms with E-state index in [1.54, 1.807) is 5.38 Å². The number of carbonyl (C=O) groups is 3. The van der Waals surface area contributed by atoms with Crippen LogP contribution in [0.25, 0.3) is 10.9 Å². The number of pyridine rings is 1. The van der Waals surface area contributed by atoms with Gasteiger partial charge >= 0.3 is 5.97 Å². The van der Waals surface area contributed by atoms with Gasteiger partial charge in [-0.05, 0) is 49.3 Å². The Balaban J connectivity index is 1.57. The van der Waals surface area contributed by atoms with E-state index in [0.717, 1.165) is 41.4 Å². The first-order valence-corrected chi connectivity index (χ1v) is 10.1. The highest BCUT2D eigenvalue weighted by atomic mass is 32.1. The second-order valence-corrected chi connectivity index (χ2v) is 7.76. The summed E-state index contributed by atoms with van der Waals surface area (Å²) in [5.41, 5.74) is 8.55. The van der Waals surface area contributed by atoms with Gasteiger partial charge in [-0.25, -0.2) is 4.79 Å². The second kappa shape index (κ2) is 7.63. The van der Waals surface area contributed by atoms with E-state index >= 15 is 0 Å². The van der Waals surface area contributed by atoms with E-state index in [1.807, 2.05) is 24.3 Å². The zero-order valence-electron chi connectivity index (χ0n) is 15.7. The summed E-state index contributed by atoms with van der Waals surface area (Å²) in [6, 6.07) is 8.96. The van der Waals surface area contributed by atoms with Crippen molar-refractivity contribution in [3.8, 4) is 0 Å². The summed E-state index contributed by atoms with van der Waals surface area (Å²) in [5, 5.41) is 5.31. The minimum Gasteiger partial charge on any atom is -0.449 e. The number of para-hydroxylation sites is 1. The number of fused-ring (bicyclic) bond motifs is 2. The van der Waals surface area contributed by atoms with Gasteiger partial charge in [-0.3, -0.25) is 14.6 Å². The van der Waals surface area contributed by atoms with Crippen molar-refractivity contribution in [2.45, 2.75) is 32.3 Å². The van der Waals surface area contributed by atoms with E-state index < -0.39 is 23.9 Å². The van der Waals surface area contributed by atoms with Crippen LogP contribution >= 0.6 is 11.3 Å². The number of aryl methyl sites for hydroxylation is 1. The Morgan fingerprint density at radius 3 is 2.79 bits per heavy atom. The minimum absolute atomic E-state index is 0.222. The van der Waals surface area contributed by atoms with Gasteiger partial charge in [-0.15, -0.1) is 11.3 Å². The SMILES string of the molecule is C[C@H](OC(=O)c1c2c(nc3ccccc13)CCC2)C(=O)Nc1sccc1C(N)=O. The molecular formula is C21H19N3O4S. The van der Waals surface area contributed by atoms with E-state index in [-0.39, 0.29) is 5.56 Å². The summed E-state index contributed by atoms with van der Waals surface area (Å²) < 4.78 is 5.49. The van der Waals surface area contributed by atoms with Crippen molar-refractivity contribution in [3.63, 3.8) is 0 Å². The van der Waals surface area contributed by atoms with Gasteiger partial charge in [0.15, 0.2) is 6.10 Å². The van der Waals surface area contributed by atoms with Crippen LogP contribution in [0, 0.1) is 0 Å². The molecule has 8 heteroatoms. The molecule has 1 atom stereocenters. The smallest absolute Gasteiger partial charge is 0.339 e. The first-order valence-electron chi connectivity index (χ1n) is 9.25. The lowest BCUT2D eigenvalue weighted by Crippen LogP contribution is -2.30. The molecule has 148 valence electrons. The maximum absolute atomic E-state index is 13.0. The lowest BCUT2D eigenvalue weighted by molar-refractivity contribution is -0.123. The van der Waals surface area contributed by atoms with Crippen molar-refractivity contribution in [2.75, 3.05) is 5.32 Å². The largest absolute Gasteiger partial charge is 0.449 e. The number of nitrogens with zero attached hydrogens (tertiary/aromatic N) is 1. The molecule has 3 N–H and O–H groups in total. The number of nitrogens with two attached hydrogens (primary N) is 1. The van der Waals surface area contributed by atoms with Gasteiger partial charge in [-0.1, -0.05) is 18.2 Å². The maximum atomic E-state index is 13.0. The molecular weight excluding hydrogens is 390 g/mol. The summed E-state index contributed by atoms with van der Waals surface area (Å²) in [4.78, 5) is 41.6. The molecule has 1 aliphatic carbocycles. The maximum Gasteiger partial charge on any atom is 0.339 e. The number of primary amides is 1. The summed E-state index contributed by atoms with van der Waals surface area (Å²) in [6.07, 6.45) is 1.47. The topological polar surface area (TPSA) is 111 Å². The molecule has 2 aromatic heterocycles. The quantitative estimate of drug-likeness (QED) is 0.629. The van der Waals surface area contributed by atoms with Crippen molar-refractivity contribution >= 4 is 45.0 Å². The average Bonchev–Trinajstić information content (AvgIpc) is 3.34. The number of ether oxygens (including phenoxy) is 1. The Morgan fingerprint density at radius 2 is 2.00 bits per heavy atom. The molecule has 2 amide bonds. The highest BCUT2D eigenvalue weighted by molar-refractivity contribution is 7.14. The van der Waals surface area contributed by atoms with Gasteiger partial charge in [0, 0.05) is 11.1 Å². The molecule has 2 heterocycles. The van der Waals surface area contributed by atoms with Crippen LogP contribution < -0.4 is 11.1 Å². The number of hydrogen-bond acceptors (Lipinski definition) is 6. The molecule has 1 aromatic carbocycles. The van der Waals surface area contributed by atoms with Crippen LogP contribution in [0.5, 0.6) is 0 Å². The van der Waals surface area contributed by atoms with Crippen molar-refractivity contribution in [3.05, 3.63) is 58.1 Å². The average molecular weight is 409 g/mol. The summed E-state index contributed by atoms with van der Waals surface area (Å²) >= 11 is 1.18. The third kappa shape index (κ3) is 3.58. The molecule has 0 spiro atoms. The molecule has 0 saturated heterocycles. The Morgan fingerprint density at radius 1 is 1.21 bits per heavy atom. The van der Waals surface area contributed by atoms with Crippen LogP contribution in [0.2, 0.25) is 0 Å². The predicted octanol–water partition coefficient (Wildman–Crippen LogP) is 3.07. The molecule has 7 nitrogen and oxygen atoms in total. The van der Waals surface area contributed by atoms with Gasteiger partial charge in [0.05, 0.1) is 16.6 Å². The molecule has 3 aromatic rings. The van der Waals surface area contributed by atoms with E-state index in [2.05, 4.69) is 10.3 Å². The first-order chi connectivity index (χ1) is 14.0. The zero-order valence-corrected chi connectivity index (χ0v) is 16.5. The van der Waals surface area contributed by atoms with Crippen molar-refractivity contribution in [1.82, 2.24) is 4.98 Å².